The Morgan fingerprint density at radius 3 is 2.27 bits per heavy atom. The van der Waals surface area contributed by atoms with Gasteiger partial charge >= 0.3 is 5.97 Å². The van der Waals surface area contributed by atoms with Gasteiger partial charge in [0, 0.05) is 24.2 Å². The number of likely N-dealkylation sites (tertiary alicyclic amines) is 1. The molecule has 200 valence electrons. The number of fused-ring (bicyclic) bond motifs is 5. The fourth-order valence-electron chi connectivity index (χ4n) is 9.47. The van der Waals surface area contributed by atoms with Crippen LogP contribution < -0.4 is 0 Å². The molecule has 0 amide bonds. The Labute approximate surface area is 221 Å². The number of imidazole rings is 1. The summed E-state index contributed by atoms with van der Waals surface area (Å²) in [6.45, 7) is 0.968. The number of aliphatic carboxylic acids is 1. The largest absolute Gasteiger partial charge is 0.480 e. The lowest BCUT2D eigenvalue weighted by atomic mass is 9.73. The number of carboxylic acid groups (broad SMARTS) is 1. The van der Waals surface area contributed by atoms with Crippen molar-refractivity contribution in [2.24, 2.45) is 11.8 Å². The highest BCUT2D eigenvalue weighted by molar-refractivity contribution is 5.76. The van der Waals surface area contributed by atoms with Crippen molar-refractivity contribution in [3.63, 3.8) is 0 Å². The summed E-state index contributed by atoms with van der Waals surface area (Å²) >= 11 is 0. The van der Waals surface area contributed by atoms with E-state index in [0.717, 1.165) is 48.6 Å². The fourth-order valence-corrected chi connectivity index (χ4v) is 9.47. The van der Waals surface area contributed by atoms with E-state index in [4.69, 9.17) is 4.98 Å². The van der Waals surface area contributed by atoms with Crippen LogP contribution in [-0.2, 0) is 4.79 Å². The summed E-state index contributed by atoms with van der Waals surface area (Å²) in [5, 5.41) is 9.56. The maximum atomic E-state index is 11.6. The van der Waals surface area contributed by atoms with Crippen LogP contribution >= 0.6 is 0 Å². The third-order valence-corrected chi connectivity index (χ3v) is 10.8. The maximum absolute atomic E-state index is 11.6. The molecule has 1 aromatic heterocycles. The molecule has 0 radical (unpaired) electrons. The molecule has 3 aliphatic heterocycles. The molecule has 0 unspecified atom stereocenters. The topological polar surface area (TPSA) is 61.6 Å². The molecule has 1 aromatic carbocycles. The third-order valence-electron chi connectivity index (χ3n) is 10.8. The smallest absolute Gasteiger partial charge is 0.317 e. The van der Waals surface area contributed by atoms with Crippen LogP contribution in [0.1, 0.15) is 108 Å². The second kappa shape index (κ2) is 10.00. The number of benzene rings is 1. The van der Waals surface area contributed by atoms with Gasteiger partial charge in [0.1, 0.15) is 5.82 Å². The van der Waals surface area contributed by atoms with Crippen molar-refractivity contribution in [1.29, 1.82) is 0 Å². The van der Waals surface area contributed by atoms with E-state index in [1.807, 2.05) is 0 Å². The SMILES string of the molecule is O=C(O)CN1CCC[C@@H]1c1nc2ccccc2n1[C@@H]1C[C@H]2CCC[C@@H](C1)N2[C@@H]1C[C@@H]2CCCC[C@@H](C2)C1. The molecule has 2 aromatic rings. The van der Waals surface area contributed by atoms with Gasteiger partial charge in [-0.3, -0.25) is 14.6 Å². The number of hydrogen-bond acceptors (Lipinski definition) is 4. The molecule has 1 N–H and O–H groups in total. The molecular formula is C31H44N4O2. The highest BCUT2D eigenvalue weighted by Crippen LogP contribution is 2.48. The fraction of sp³-hybridized carbons (Fsp3) is 0.742. The van der Waals surface area contributed by atoms with Gasteiger partial charge in [0.2, 0.25) is 0 Å². The molecule has 3 saturated heterocycles. The summed E-state index contributed by atoms with van der Waals surface area (Å²) in [4.78, 5) is 22.0. The molecule has 2 saturated carbocycles. The van der Waals surface area contributed by atoms with Gasteiger partial charge in [-0.25, -0.2) is 4.98 Å². The minimum atomic E-state index is -0.731. The first-order valence-electron chi connectivity index (χ1n) is 15.3. The van der Waals surface area contributed by atoms with Crippen LogP contribution in [-0.4, -0.2) is 61.6 Å². The standard InChI is InChI=1S/C31H44N4O2/c36-30(37)20-33-14-6-13-29(33)31-32-27-11-3-4-12-28(27)35(31)26-18-23-9-5-10-24(19-26)34(23)25-16-21-7-1-2-8-22(15-21)17-25/h3-4,11-12,21-26,29H,1-2,5-10,13-20H2,(H,36,37)/t21-,22+,23-,24+,25-,26-,29-/m1/s1. The molecule has 0 spiro atoms. The Morgan fingerprint density at radius 2 is 1.54 bits per heavy atom. The average Bonchev–Trinajstić information content (AvgIpc) is 3.45. The number of hydrogen-bond donors (Lipinski definition) is 1. The summed E-state index contributed by atoms with van der Waals surface area (Å²) in [5.41, 5.74) is 2.32. The number of carbonyl (C=O) groups is 1. The number of piperidine rings is 2. The van der Waals surface area contributed by atoms with E-state index in [-0.39, 0.29) is 12.6 Å². The summed E-state index contributed by atoms with van der Waals surface area (Å²) < 4.78 is 2.59. The zero-order chi connectivity index (χ0) is 24.9. The van der Waals surface area contributed by atoms with E-state index in [1.54, 1.807) is 0 Å². The molecule has 4 heterocycles. The van der Waals surface area contributed by atoms with Crippen molar-refractivity contribution in [3.8, 4) is 0 Å². The van der Waals surface area contributed by atoms with Crippen LogP contribution in [0.5, 0.6) is 0 Å². The molecule has 5 aliphatic rings. The molecule has 4 bridgehead atoms. The summed E-state index contributed by atoms with van der Waals surface area (Å²) in [6, 6.07) is 11.4. The third kappa shape index (κ3) is 4.52. The normalized spacial score (nSPS) is 37.0. The average molecular weight is 505 g/mol. The Kier molecular flexibility index (Phi) is 6.52. The van der Waals surface area contributed by atoms with Gasteiger partial charge in [-0.05, 0) is 88.3 Å². The van der Waals surface area contributed by atoms with Crippen LogP contribution in [0.15, 0.2) is 24.3 Å². The van der Waals surface area contributed by atoms with E-state index in [9.17, 15) is 9.90 Å². The second-order valence-electron chi connectivity index (χ2n) is 13.0. The lowest BCUT2D eigenvalue weighted by molar-refractivity contribution is -0.138. The molecule has 7 rings (SSSR count). The minimum absolute atomic E-state index is 0.113. The van der Waals surface area contributed by atoms with Crippen LogP contribution in [0.25, 0.3) is 11.0 Å². The minimum Gasteiger partial charge on any atom is -0.480 e. The Bertz CT molecular complexity index is 1100. The van der Waals surface area contributed by atoms with Crippen molar-refractivity contribution in [1.82, 2.24) is 19.4 Å². The molecule has 37 heavy (non-hydrogen) atoms. The van der Waals surface area contributed by atoms with Gasteiger partial charge in [0.15, 0.2) is 0 Å². The van der Waals surface area contributed by atoms with Gasteiger partial charge in [0.25, 0.3) is 0 Å². The first-order valence-corrected chi connectivity index (χ1v) is 15.3. The second-order valence-corrected chi connectivity index (χ2v) is 13.0. The molecular weight excluding hydrogens is 460 g/mol. The van der Waals surface area contributed by atoms with Gasteiger partial charge < -0.3 is 9.67 Å². The lowest BCUT2D eigenvalue weighted by Gasteiger charge is -2.55. The van der Waals surface area contributed by atoms with E-state index in [2.05, 4.69) is 38.6 Å². The van der Waals surface area contributed by atoms with Crippen molar-refractivity contribution < 1.29 is 9.90 Å². The number of rotatable bonds is 5. The summed E-state index contributed by atoms with van der Waals surface area (Å²) in [5.74, 6) is 2.33. The van der Waals surface area contributed by atoms with Crippen molar-refractivity contribution >= 4 is 17.0 Å². The van der Waals surface area contributed by atoms with E-state index >= 15 is 0 Å². The van der Waals surface area contributed by atoms with E-state index in [0.29, 0.717) is 18.1 Å². The van der Waals surface area contributed by atoms with E-state index in [1.165, 1.54) is 82.6 Å². The first-order chi connectivity index (χ1) is 18.1. The number of nitrogens with zero attached hydrogens (tertiary/aromatic N) is 4. The number of carboxylic acids is 1. The van der Waals surface area contributed by atoms with Gasteiger partial charge in [-0.1, -0.05) is 44.2 Å². The van der Waals surface area contributed by atoms with Gasteiger partial charge in [-0.15, -0.1) is 0 Å². The zero-order valence-corrected chi connectivity index (χ0v) is 22.3. The van der Waals surface area contributed by atoms with Crippen molar-refractivity contribution in [2.45, 2.75) is 120 Å². The van der Waals surface area contributed by atoms with Crippen molar-refractivity contribution in [2.75, 3.05) is 13.1 Å². The Hall–Kier alpha value is -1.92. The number of aromatic nitrogens is 2. The van der Waals surface area contributed by atoms with Crippen LogP contribution in [0.2, 0.25) is 0 Å². The molecule has 6 heteroatoms. The molecule has 2 aliphatic carbocycles. The highest BCUT2D eigenvalue weighted by Gasteiger charge is 2.46. The van der Waals surface area contributed by atoms with Gasteiger partial charge in [0.05, 0.1) is 23.6 Å². The summed E-state index contributed by atoms with van der Waals surface area (Å²) in [7, 11) is 0. The number of para-hydroxylation sites is 2. The lowest BCUT2D eigenvalue weighted by Crippen LogP contribution is -2.58. The van der Waals surface area contributed by atoms with Crippen molar-refractivity contribution in [3.05, 3.63) is 30.1 Å². The Balaban J connectivity index is 1.20. The molecule has 5 fully saturated rings. The van der Waals surface area contributed by atoms with E-state index < -0.39 is 5.97 Å². The van der Waals surface area contributed by atoms with Gasteiger partial charge in [-0.2, -0.15) is 0 Å². The maximum Gasteiger partial charge on any atom is 0.317 e. The molecule has 7 atom stereocenters. The van der Waals surface area contributed by atoms with Crippen LogP contribution in [0.3, 0.4) is 0 Å². The predicted molar refractivity (Wildman–Crippen MR) is 146 cm³/mol. The van der Waals surface area contributed by atoms with Crippen LogP contribution in [0.4, 0.5) is 0 Å². The predicted octanol–water partition coefficient (Wildman–Crippen LogP) is 6.17. The zero-order valence-electron chi connectivity index (χ0n) is 22.3. The molecule has 6 nitrogen and oxygen atoms in total. The Morgan fingerprint density at radius 1 is 0.811 bits per heavy atom. The summed E-state index contributed by atoms with van der Waals surface area (Å²) in [6.07, 6.45) is 18.8. The monoisotopic (exact) mass is 504 g/mol. The first kappa shape index (κ1) is 24.1. The van der Waals surface area contributed by atoms with Crippen LogP contribution in [0, 0.1) is 11.8 Å². The highest BCUT2D eigenvalue weighted by atomic mass is 16.4. The quantitative estimate of drug-likeness (QED) is 0.527.